The summed E-state index contributed by atoms with van der Waals surface area (Å²) in [5.74, 6) is 0.0435. The van der Waals surface area contributed by atoms with Gasteiger partial charge in [-0.05, 0) is 55.3 Å². The zero-order valence-electron chi connectivity index (χ0n) is 18.4. The molecule has 2 aromatic rings. The maximum atomic E-state index is 13.2. The lowest BCUT2D eigenvalue weighted by Gasteiger charge is -2.39. The first kappa shape index (κ1) is 23.8. The molecular weight excluding hydrogens is 469 g/mol. The van der Waals surface area contributed by atoms with E-state index in [0.717, 1.165) is 5.69 Å². The number of rotatable bonds is 5. The molecule has 2 aliphatic heterocycles. The van der Waals surface area contributed by atoms with Crippen molar-refractivity contribution in [1.29, 1.82) is 0 Å². The van der Waals surface area contributed by atoms with Gasteiger partial charge in [0.05, 0.1) is 17.0 Å². The number of piperazine rings is 1. The van der Waals surface area contributed by atoms with Gasteiger partial charge in [0.15, 0.2) is 0 Å². The SMILES string of the molecule is COc1ccc(S(=O)(=O)N2CCC(C(=O)N3CCN(c4ccc(F)cc4)CC3)CC2)cc1Cl. The molecule has 0 bridgehead atoms. The van der Waals surface area contributed by atoms with Gasteiger partial charge in [-0.3, -0.25) is 4.79 Å². The molecule has 7 nitrogen and oxygen atoms in total. The van der Waals surface area contributed by atoms with Gasteiger partial charge in [0, 0.05) is 50.9 Å². The average Bonchev–Trinajstić information content (AvgIpc) is 2.84. The Balaban J connectivity index is 1.32. The highest BCUT2D eigenvalue weighted by atomic mass is 35.5. The minimum absolute atomic E-state index is 0.0818. The Morgan fingerprint density at radius 1 is 1.00 bits per heavy atom. The summed E-state index contributed by atoms with van der Waals surface area (Å²) >= 11 is 6.10. The van der Waals surface area contributed by atoms with Gasteiger partial charge in [-0.1, -0.05) is 11.6 Å². The van der Waals surface area contributed by atoms with Crippen LogP contribution in [0.25, 0.3) is 0 Å². The van der Waals surface area contributed by atoms with Crippen molar-refractivity contribution in [2.45, 2.75) is 17.7 Å². The zero-order valence-corrected chi connectivity index (χ0v) is 20.0. The minimum atomic E-state index is -3.69. The van der Waals surface area contributed by atoms with Crippen LogP contribution < -0.4 is 9.64 Å². The van der Waals surface area contributed by atoms with Crippen molar-refractivity contribution in [3.63, 3.8) is 0 Å². The average molecular weight is 496 g/mol. The zero-order chi connectivity index (χ0) is 23.6. The summed E-state index contributed by atoms with van der Waals surface area (Å²) in [6.45, 7) is 3.14. The molecule has 10 heteroatoms. The molecule has 0 saturated carbocycles. The molecule has 33 heavy (non-hydrogen) atoms. The van der Waals surface area contributed by atoms with E-state index in [2.05, 4.69) is 4.90 Å². The Labute approximate surface area is 198 Å². The fourth-order valence-electron chi connectivity index (χ4n) is 4.39. The molecule has 2 aromatic carbocycles. The quantitative estimate of drug-likeness (QED) is 0.637. The number of hydrogen-bond acceptors (Lipinski definition) is 5. The summed E-state index contributed by atoms with van der Waals surface area (Å²) in [6.07, 6.45) is 0.972. The molecule has 178 valence electrons. The van der Waals surface area contributed by atoms with E-state index < -0.39 is 10.0 Å². The molecule has 0 atom stereocenters. The van der Waals surface area contributed by atoms with Crippen molar-refractivity contribution in [3.8, 4) is 5.75 Å². The van der Waals surface area contributed by atoms with Crippen molar-refractivity contribution in [2.24, 2.45) is 5.92 Å². The molecule has 0 spiro atoms. The van der Waals surface area contributed by atoms with Crippen LogP contribution in [-0.4, -0.2) is 69.9 Å². The van der Waals surface area contributed by atoms with Crippen LogP contribution in [0.4, 0.5) is 10.1 Å². The van der Waals surface area contributed by atoms with Crippen LogP contribution in [-0.2, 0) is 14.8 Å². The molecule has 0 radical (unpaired) electrons. The number of carbonyl (C=O) groups excluding carboxylic acids is 1. The number of ether oxygens (including phenoxy) is 1. The van der Waals surface area contributed by atoms with Crippen molar-refractivity contribution >= 4 is 33.2 Å². The maximum absolute atomic E-state index is 13.2. The predicted molar refractivity (Wildman–Crippen MR) is 125 cm³/mol. The van der Waals surface area contributed by atoms with Gasteiger partial charge in [0.2, 0.25) is 15.9 Å². The Morgan fingerprint density at radius 2 is 1.64 bits per heavy atom. The standard InChI is InChI=1S/C23H27ClFN3O4S/c1-32-22-7-6-20(16-21(22)24)33(30,31)28-10-8-17(9-11-28)23(29)27-14-12-26(13-15-27)19-4-2-18(25)3-5-19/h2-7,16-17H,8-15H2,1H3. The number of carbonyl (C=O) groups is 1. The maximum Gasteiger partial charge on any atom is 0.243 e. The summed E-state index contributed by atoms with van der Waals surface area (Å²) in [4.78, 5) is 17.2. The number of hydrogen-bond donors (Lipinski definition) is 0. The lowest BCUT2D eigenvalue weighted by Crippen LogP contribution is -2.52. The van der Waals surface area contributed by atoms with Crippen molar-refractivity contribution in [2.75, 3.05) is 51.3 Å². The number of halogens is 2. The third-order valence-corrected chi connectivity index (χ3v) is 8.54. The van der Waals surface area contributed by atoms with Crippen LogP contribution >= 0.6 is 11.6 Å². The molecular formula is C23H27ClFN3O4S. The van der Waals surface area contributed by atoms with E-state index in [1.165, 1.54) is 41.7 Å². The highest BCUT2D eigenvalue weighted by Crippen LogP contribution is 2.30. The largest absolute Gasteiger partial charge is 0.495 e. The third kappa shape index (κ3) is 5.10. The van der Waals surface area contributed by atoms with Gasteiger partial charge in [-0.2, -0.15) is 4.31 Å². The lowest BCUT2D eigenvalue weighted by molar-refractivity contribution is -0.137. The summed E-state index contributed by atoms with van der Waals surface area (Å²) in [6, 6.07) is 10.8. The normalized spacial score (nSPS) is 18.4. The first-order chi connectivity index (χ1) is 15.8. The van der Waals surface area contributed by atoms with Crippen molar-refractivity contribution in [3.05, 3.63) is 53.3 Å². The van der Waals surface area contributed by atoms with Gasteiger partial charge in [0.1, 0.15) is 11.6 Å². The van der Waals surface area contributed by atoms with Crippen LogP contribution in [0.3, 0.4) is 0 Å². The van der Waals surface area contributed by atoms with Crippen LogP contribution in [0.2, 0.25) is 5.02 Å². The van der Waals surface area contributed by atoms with Crippen LogP contribution in [0, 0.1) is 11.7 Å². The fourth-order valence-corrected chi connectivity index (χ4v) is 6.21. The smallest absolute Gasteiger partial charge is 0.243 e. The second-order valence-electron chi connectivity index (χ2n) is 8.26. The summed E-state index contributed by atoms with van der Waals surface area (Å²) in [5, 5.41) is 0.239. The molecule has 0 unspecified atom stereocenters. The molecule has 4 rings (SSSR count). The monoisotopic (exact) mass is 495 g/mol. The Morgan fingerprint density at radius 3 is 2.21 bits per heavy atom. The topological polar surface area (TPSA) is 70.2 Å². The minimum Gasteiger partial charge on any atom is -0.495 e. The number of amides is 1. The van der Waals surface area contributed by atoms with E-state index in [0.29, 0.717) is 44.8 Å². The summed E-state index contributed by atoms with van der Waals surface area (Å²) in [5.41, 5.74) is 0.945. The van der Waals surface area contributed by atoms with Crippen LogP contribution in [0.15, 0.2) is 47.4 Å². The van der Waals surface area contributed by atoms with Gasteiger partial charge >= 0.3 is 0 Å². The first-order valence-corrected chi connectivity index (χ1v) is 12.7. The highest BCUT2D eigenvalue weighted by molar-refractivity contribution is 7.89. The van der Waals surface area contributed by atoms with E-state index in [1.54, 1.807) is 12.1 Å². The van der Waals surface area contributed by atoms with E-state index in [4.69, 9.17) is 16.3 Å². The van der Waals surface area contributed by atoms with Crippen molar-refractivity contribution < 1.29 is 22.3 Å². The van der Waals surface area contributed by atoms with E-state index >= 15 is 0 Å². The second kappa shape index (κ2) is 9.87. The fraction of sp³-hybridized carbons (Fsp3) is 0.435. The molecule has 2 aliphatic rings. The van der Waals surface area contributed by atoms with Gasteiger partial charge in [-0.25, -0.2) is 12.8 Å². The molecule has 2 fully saturated rings. The first-order valence-electron chi connectivity index (χ1n) is 10.9. The number of anilines is 1. The number of methoxy groups -OCH3 is 1. The number of piperidine rings is 1. The van der Waals surface area contributed by atoms with E-state index in [-0.39, 0.29) is 40.6 Å². The van der Waals surface area contributed by atoms with Crippen LogP contribution in [0.5, 0.6) is 5.75 Å². The molecule has 2 heterocycles. The van der Waals surface area contributed by atoms with Gasteiger partial charge < -0.3 is 14.5 Å². The highest BCUT2D eigenvalue weighted by Gasteiger charge is 2.35. The van der Waals surface area contributed by atoms with E-state index in [1.807, 2.05) is 4.90 Å². The van der Waals surface area contributed by atoms with Gasteiger partial charge in [0.25, 0.3) is 0 Å². The van der Waals surface area contributed by atoms with Crippen molar-refractivity contribution in [1.82, 2.24) is 9.21 Å². The number of sulfonamides is 1. The molecule has 0 aliphatic carbocycles. The molecule has 1 amide bonds. The second-order valence-corrected chi connectivity index (χ2v) is 10.6. The summed E-state index contributed by atoms with van der Waals surface area (Å²) in [7, 11) is -2.22. The van der Waals surface area contributed by atoms with E-state index in [9.17, 15) is 17.6 Å². The lowest BCUT2D eigenvalue weighted by atomic mass is 9.96. The number of benzene rings is 2. The Kier molecular flexibility index (Phi) is 7.11. The molecule has 0 N–H and O–H groups in total. The third-order valence-electron chi connectivity index (χ3n) is 6.35. The summed E-state index contributed by atoms with van der Waals surface area (Å²) < 4.78 is 45.7. The number of nitrogens with zero attached hydrogens (tertiary/aromatic N) is 3. The van der Waals surface area contributed by atoms with Crippen LogP contribution in [0.1, 0.15) is 12.8 Å². The Hall–Kier alpha value is -2.36. The molecule has 2 saturated heterocycles. The molecule has 0 aromatic heterocycles. The van der Waals surface area contributed by atoms with Gasteiger partial charge in [-0.15, -0.1) is 0 Å². The predicted octanol–water partition coefficient (Wildman–Crippen LogP) is 3.24. The Bertz CT molecular complexity index is 1100.